The van der Waals surface area contributed by atoms with Crippen LogP contribution in [0.1, 0.15) is 12.5 Å². The Balaban J connectivity index is 1.63. The number of pyridine rings is 1. The van der Waals surface area contributed by atoms with Gasteiger partial charge >= 0.3 is 6.09 Å². The van der Waals surface area contributed by atoms with Gasteiger partial charge in [0.25, 0.3) is 0 Å². The Kier molecular flexibility index (Phi) is 8.68. The van der Waals surface area contributed by atoms with E-state index in [2.05, 4.69) is 20.5 Å². The lowest BCUT2D eigenvalue weighted by Gasteiger charge is -2.20. The number of nitrogens with one attached hydrogen (secondary N) is 1. The largest absolute Gasteiger partial charge is 0.455 e. The van der Waals surface area contributed by atoms with Gasteiger partial charge in [0.1, 0.15) is 17.2 Å². The van der Waals surface area contributed by atoms with E-state index in [1.54, 1.807) is 37.4 Å². The summed E-state index contributed by atoms with van der Waals surface area (Å²) < 4.78 is 10.9. The van der Waals surface area contributed by atoms with Crippen molar-refractivity contribution in [2.45, 2.75) is 13.3 Å². The van der Waals surface area contributed by atoms with Crippen LogP contribution in [0.2, 0.25) is 0 Å². The lowest BCUT2D eigenvalue weighted by Crippen LogP contribution is -2.29. The smallest absolute Gasteiger partial charge is 0.416 e. The van der Waals surface area contributed by atoms with E-state index in [1.807, 2.05) is 31.2 Å². The van der Waals surface area contributed by atoms with Crippen molar-refractivity contribution in [3.8, 4) is 5.75 Å². The molecule has 11 nitrogen and oxygen atoms in total. The van der Waals surface area contributed by atoms with Crippen molar-refractivity contribution in [2.24, 2.45) is 16.0 Å². The molecule has 0 radical (unpaired) electrons. The number of hydrogen-bond donors (Lipinski definition) is 3. The minimum atomic E-state index is -0.550. The maximum Gasteiger partial charge on any atom is 0.416 e. The van der Waals surface area contributed by atoms with Gasteiger partial charge in [0.15, 0.2) is 11.6 Å². The predicted molar refractivity (Wildman–Crippen MR) is 133 cm³/mol. The highest BCUT2D eigenvalue weighted by atomic mass is 16.7. The van der Waals surface area contributed by atoms with Gasteiger partial charge in [-0.05, 0) is 42.3 Å². The topological polar surface area (TPSA) is 158 Å². The van der Waals surface area contributed by atoms with E-state index in [-0.39, 0.29) is 30.9 Å². The van der Waals surface area contributed by atoms with Gasteiger partial charge in [-0.2, -0.15) is 0 Å². The number of anilines is 3. The van der Waals surface area contributed by atoms with Crippen molar-refractivity contribution in [2.75, 3.05) is 36.3 Å². The molecular weight excluding hydrogens is 450 g/mol. The molecule has 35 heavy (non-hydrogen) atoms. The summed E-state index contributed by atoms with van der Waals surface area (Å²) in [6, 6.07) is 17.6. The summed E-state index contributed by atoms with van der Waals surface area (Å²) in [7, 11) is 1.64. The first kappa shape index (κ1) is 25.1. The highest BCUT2D eigenvalue weighted by Gasteiger charge is 2.15. The first-order valence-corrected chi connectivity index (χ1v) is 10.8. The second-order valence-corrected chi connectivity index (χ2v) is 7.23. The zero-order valence-corrected chi connectivity index (χ0v) is 19.5. The van der Waals surface area contributed by atoms with Crippen LogP contribution in [0.5, 0.6) is 5.75 Å². The number of carbonyl (C=O) groups is 2. The van der Waals surface area contributed by atoms with Crippen molar-refractivity contribution in [3.63, 3.8) is 0 Å². The number of aryl methyl sites for hydroxylation is 1. The molecule has 11 heteroatoms. The van der Waals surface area contributed by atoms with Crippen LogP contribution in [0.15, 0.2) is 70.9 Å². The quantitative estimate of drug-likeness (QED) is 0.308. The Morgan fingerprint density at radius 3 is 2.49 bits per heavy atom. The molecule has 0 fully saturated rings. The average molecular weight is 478 g/mol. The van der Waals surface area contributed by atoms with Crippen LogP contribution < -0.4 is 26.4 Å². The molecule has 3 aromatic rings. The molecule has 5 N–H and O–H groups in total. The molecule has 0 atom stereocenters. The third kappa shape index (κ3) is 6.74. The maximum atomic E-state index is 12.5. The number of para-hydroxylation sites is 2. The van der Waals surface area contributed by atoms with Crippen LogP contribution in [0.4, 0.5) is 33.5 Å². The Hall–Kier alpha value is -4.51. The van der Waals surface area contributed by atoms with Gasteiger partial charge in [0.05, 0.1) is 6.54 Å². The molecule has 0 aliphatic rings. The summed E-state index contributed by atoms with van der Waals surface area (Å²) in [6.45, 7) is 1.53. The van der Waals surface area contributed by atoms with Crippen LogP contribution >= 0.6 is 0 Å². The molecule has 0 aliphatic heterocycles. The van der Waals surface area contributed by atoms with Crippen LogP contribution in [0, 0.1) is 0 Å². The summed E-state index contributed by atoms with van der Waals surface area (Å²) in [4.78, 5) is 29.4. The van der Waals surface area contributed by atoms with E-state index in [9.17, 15) is 9.59 Å². The van der Waals surface area contributed by atoms with Crippen LogP contribution in [-0.2, 0) is 16.0 Å². The van der Waals surface area contributed by atoms with Crippen molar-refractivity contribution in [3.05, 3.63) is 66.2 Å². The number of amides is 2. The molecule has 2 amide bonds. The van der Waals surface area contributed by atoms with Crippen LogP contribution in [-0.4, -0.2) is 37.4 Å². The van der Waals surface area contributed by atoms with E-state index in [4.69, 9.17) is 20.9 Å². The molecule has 3 rings (SSSR count). The molecule has 0 unspecified atom stereocenters. The Bertz CT molecular complexity index is 1220. The van der Waals surface area contributed by atoms with Gasteiger partial charge in [0.2, 0.25) is 12.7 Å². The van der Waals surface area contributed by atoms with Crippen molar-refractivity contribution >= 4 is 40.7 Å². The summed E-state index contributed by atoms with van der Waals surface area (Å²) in [5.41, 5.74) is 13.7. The molecule has 0 saturated heterocycles. The Morgan fingerprint density at radius 1 is 1.03 bits per heavy atom. The fourth-order valence-electron chi connectivity index (χ4n) is 3.06. The zero-order chi connectivity index (χ0) is 25.2. The monoisotopic (exact) mass is 477 g/mol. The lowest BCUT2D eigenvalue weighted by atomic mass is 10.1. The second-order valence-electron chi connectivity index (χ2n) is 7.23. The fraction of sp³-hybridized carbons (Fsp3) is 0.208. The van der Waals surface area contributed by atoms with Gasteiger partial charge in [-0.3, -0.25) is 9.69 Å². The van der Waals surface area contributed by atoms with Crippen LogP contribution in [0.25, 0.3) is 0 Å². The molecule has 0 spiro atoms. The minimum absolute atomic E-state index is 0.0753. The second kappa shape index (κ2) is 12.1. The fourth-order valence-corrected chi connectivity index (χ4v) is 3.06. The highest BCUT2D eigenvalue weighted by Crippen LogP contribution is 2.30. The molecule has 1 aromatic heterocycles. The predicted octanol–water partition coefficient (Wildman–Crippen LogP) is 4.15. The van der Waals surface area contributed by atoms with Crippen molar-refractivity contribution < 1.29 is 19.1 Å². The summed E-state index contributed by atoms with van der Waals surface area (Å²) in [6.07, 6.45) is 0.235. The average Bonchev–Trinajstić information content (AvgIpc) is 2.88. The Morgan fingerprint density at radius 2 is 1.74 bits per heavy atom. The number of azo groups is 1. The van der Waals surface area contributed by atoms with Gasteiger partial charge < -0.3 is 26.3 Å². The molecule has 2 aromatic carbocycles. The van der Waals surface area contributed by atoms with E-state index in [0.717, 1.165) is 17.7 Å². The third-order valence-corrected chi connectivity index (χ3v) is 4.89. The summed E-state index contributed by atoms with van der Waals surface area (Å²) >= 11 is 0. The third-order valence-electron chi connectivity index (χ3n) is 4.89. The molecule has 182 valence electrons. The van der Waals surface area contributed by atoms with E-state index in [1.165, 1.54) is 11.0 Å². The van der Waals surface area contributed by atoms with Gasteiger partial charge in [-0.25, -0.2) is 9.78 Å². The number of hydrogen-bond acceptors (Lipinski definition) is 9. The normalized spacial score (nSPS) is 10.7. The van der Waals surface area contributed by atoms with Gasteiger partial charge in [0, 0.05) is 12.7 Å². The summed E-state index contributed by atoms with van der Waals surface area (Å²) in [5.74, 6) is 0.304. The SMILES string of the molecule is CCc1ccccc1N(C)C(=O)OCOc1ccccc1N=Nc1ccc(NC(=O)CN)nc1N. The number of aromatic nitrogens is 1. The number of ether oxygens (including phenoxy) is 2. The first-order chi connectivity index (χ1) is 16.9. The van der Waals surface area contributed by atoms with E-state index in [0.29, 0.717) is 17.1 Å². The number of benzene rings is 2. The minimum Gasteiger partial charge on any atom is -0.455 e. The van der Waals surface area contributed by atoms with Gasteiger partial charge in [-0.15, -0.1) is 10.2 Å². The molecule has 1 heterocycles. The first-order valence-electron chi connectivity index (χ1n) is 10.8. The molecule has 0 saturated carbocycles. The zero-order valence-electron chi connectivity index (χ0n) is 19.5. The lowest BCUT2D eigenvalue weighted by molar-refractivity contribution is -0.114. The maximum absolute atomic E-state index is 12.5. The highest BCUT2D eigenvalue weighted by molar-refractivity contribution is 5.91. The number of carbonyl (C=O) groups excluding carboxylic acids is 2. The van der Waals surface area contributed by atoms with E-state index < -0.39 is 6.09 Å². The molecular formula is C24H27N7O4. The number of rotatable bonds is 9. The van der Waals surface area contributed by atoms with Gasteiger partial charge in [-0.1, -0.05) is 37.3 Å². The standard InChI is InChI=1S/C24H27N7O4/c1-3-16-8-4-6-10-19(16)31(2)24(33)35-15-34-20-11-7-5-9-17(20)29-30-18-12-13-21(28-23(18)26)27-22(32)14-25/h4-13H,3,14-15,25H2,1-2H3,(H3,26,27,28,32). The molecule has 0 aliphatic carbocycles. The number of nitrogens with zero attached hydrogens (tertiary/aromatic N) is 4. The van der Waals surface area contributed by atoms with Crippen LogP contribution in [0.3, 0.4) is 0 Å². The number of nitrogen functional groups attached to an aromatic ring is 1. The molecule has 0 bridgehead atoms. The number of nitrogens with two attached hydrogens (primary N) is 2. The van der Waals surface area contributed by atoms with Crippen molar-refractivity contribution in [1.29, 1.82) is 0 Å². The Labute approximate surface area is 202 Å². The summed E-state index contributed by atoms with van der Waals surface area (Å²) in [5, 5.41) is 10.8. The van der Waals surface area contributed by atoms with E-state index >= 15 is 0 Å². The van der Waals surface area contributed by atoms with Crippen molar-refractivity contribution in [1.82, 2.24) is 4.98 Å².